The number of hydrogen-bond donors (Lipinski definition) is 1. The van der Waals surface area contributed by atoms with Crippen molar-refractivity contribution in [3.05, 3.63) is 30.5 Å². The van der Waals surface area contributed by atoms with Crippen LogP contribution < -0.4 is 10.6 Å². The number of fused-ring (bicyclic) bond motifs is 1. The summed E-state index contributed by atoms with van der Waals surface area (Å²) in [5, 5.41) is 1.14. The monoisotopic (exact) mass is 257 g/mol. The van der Waals surface area contributed by atoms with Gasteiger partial charge in [-0.2, -0.15) is 0 Å². The largest absolute Gasteiger partial charge is 0.397 e. The second-order valence-electron chi connectivity index (χ2n) is 5.71. The van der Waals surface area contributed by atoms with Crippen molar-refractivity contribution in [2.75, 3.05) is 17.2 Å². The van der Waals surface area contributed by atoms with E-state index in [1.165, 1.54) is 5.69 Å². The van der Waals surface area contributed by atoms with Gasteiger partial charge in [0.2, 0.25) is 0 Å². The van der Waals surface area contributed by atoms with Crippen LogP contribution in [0, 0.1) is 5.92 Å². The fraction of sp³-hybridized carbons (Fsp3) is 0.438. The van der Waals surface area contributed by atoms with Crippen LogP contribution in [-0.4, -0.2) is 17.6 Å². The molecule has 19 heavy (non-hydrogen) atoms. The minimum absolute atomic E-state index is 0.453. The molecule has 0 saturated carbocycles. The van der Waals surface area contributed by atoms with E-state index in [1.54, 1.807) is 6.20 Å². The van der Waals surface area contributed by atoms with Crippen molar-refractivity contribution in [3.63, 3.8) is 0 Å². The van der Waals surface area contributed by atoms with Gasteiger partial charge >= 0.3 is 0 Å². The molecule has 102 valence electrons. The highest BCUT2D eigenvalue weighted by Crippen LogP contribution is 2.31. The Kier molecular flexibility index (Phi) is 3.93. The first-order valence-corrected chi connectivity index (χ1v) is 6.90. The number of nitrogen functional groups attached to an aromatic ring is 1. The lowest BCUT2D eigenvalue weighted by atomic mass is 10.1. The van der Waals surface area contributed by atoms with Crippen LogP contribution in [-0.2, 0) is 0 Å². The smallest absolute Gasteiger partial charge is 0.0951 e. The Labute approximate surface area is 115 Å². The summed E-state index contributed by atoms with van der Waals surface area (Å²) in [6, 6.07) is 8.60. The van der Waals surface area contributed by atoms with Gasteiger partial charge in [-0.15, -0.1) is 0 Å². The molecule has 1 heterocycles. The summed E-state index contributed by atoms with van der Waals surface area (Å²) in [6.07, 6.45) is 1.80. The van der Waals surface area contributed by atoms with E-state index >= 15 is 0 Å². The molecule has 0 atom stereocenters. The van der Waals surface area contributed by atoms with E-state index in [-0.39, 0.29) is 0 Å². The first kappa shape index (κ1) is 13.7. The summed E-state index contributed by atoms with van der Waals surface area (Å²) in [5.74, 6) is 0.617. The van der Waals surface area contributed by atoms with Crippen LogP contribution in [0.3, 0.4) is 0 Å². The fourth-order valence-corrected chi connectivity index (χ4v) is 2.41. The molecule has 1 aromatic heterocycles. The van der Waals surface area contributed by atoms with Gasteiger partial charge in [0.15, 0.2) is 0 Å². The average Bonchev–Trinajstić information content (AvgIpc) is 2.37. The number of hydrogen-bond acceptors (Lipinski definition) is 3. The van der Waals surface area contributed by atoms with Crippen molar-refractivity contribution >= 4 is 22.3 Å². The fourth-order valence-electron chi connectivity index (χ4n) is 2.41. The molecule has 0 fully saturated rings. The van der Waals surface area contributed by atoms with Crippen molar-refractivity contribution < 1.29 is 0 Å². The molecule has 0 saturated heterocycles. The van der Waals surface area contributed by atoms with Gasteiger partial charge in [-0.25, -0.2) is 0 Å². The van der Waals surface area contributed by atoms with Crippen molar-refractivity contribution in [2.24, 2.45) is 5.92 Å². The Morgan fingerprint density at radius 1 is 1.16 bits per heavy atom. The SMILES string of the molecule is CC(C)CN(c1ccc(N)c2ncccc12)C(C)C. The van der Waals surface area contributed by atoms with Crippen molar-refractivity contribution in [2.45, 2.75) is 33.7 Å². The van der Waals surface area contributed by atoms with Gasteiger partial charge in [0.05, 0.1) is 11.2 Å². The predicted octanol–water partition coefficient (Wildman–Crippen LogP) is 3.69. The molecule has 0 aliphatic rings. The van der Waals surface area contributed by atoms with Gasteiger partial charge < -0.3 is 10.6 Å². The van der Waals surface area contributed by atoms with E-state index in [2.05, 4.69) is 49.7 Å². The first-order chi connectivity index (χ1) is 9.00. The molecule has 0 aliphatic carbocycles. The standard InChI is InChI=1S/C16H23N3/c1-11(2)10-19(12(3)4)15-8-7-14(17)16-13(15)6-5-9-18-16/h5-9,11-12H,10,17H2,1-4H3. The quantitative estimate of drug-likeness (QED) is 0.849. The van der Waals surface area contributed by atoms with Gasteiger partial charge in [0.25, 0.3) is 0 Å². The molecule has 3 heteroatoms. The van der Waals surface area contributed by atoms with Crippen LogP contribution in [0.4, 0.5) is 11.4 Å². The third kappa shape index (κ3) is 2.80. The van der Waals surface area contributed by atoms with Crippen LogP contribution >= 0.6 is 0 Å². The minimum atomic E-state index is 0.453. The Morgan fingerprint density at radius 2 is 1.89 bits per heavy atom. The highest BCUT2D eigenvalue weighted by Gasteiger charge is 2.15. The summed E-state index contributed by atoms with van der Waals surface area (Å²) < 4.78 is 0. The van der Waals surface area contributed by atoms with Crippen LogP contribution in [0.1, 0.15) is 27.7 Å². The maximum atomic E-state index is 6.02. The number of anilines is 2. The zero-order valence-electron chi connectivity index (χ0n) is 12.2. The van der Waals surface area contributed by atoms with Gasteiger partial charge in [-0.05, 0) is 44.0 Å². The topological polar surface area (TPSA) is 42.1 Å². The van der Waals surface area contributed by atoms with Gasteiger partial charge in [-0.3, -0.25) is 4.98 Å². The van der Waals surface area contributed by atoms with E-state index in [0.717, 1.165) is 23.1 Å². The maximum Gasteiger partial charge on any atom is 0.0951 e. The molecule has 0 spiro atoms. The molecule has 2 rings (SSSR count). The Bertz CT molecular complexity index is 561. The van der Waals surface area contributed by atoms with Crippen LogP contribution in [0.2, 0.25) is 0 Å². The lowest BCUT2D eigenvalue weighted by Crippen LogP contribution is -2.34. The van der Waals surface area contributed by atoms with E-state index < -0.39 is 0 Å². The zero-order chi connectivity index (χ0) is 14.0. The van der Waals surface area contributed by atoms with Crippen molar-refractivity contribution in [1.29, 1.82) is 0 Å². The molecule has 2 N–H and O–H groups in total. The molecule has 0 amide bonds. The second kappa shape index (κ2) is 5.47. The Hall–Kier alpha value is -1.77. The third-order valence-corrected chi connectivity index (χ3v) is 3.27. The Balaban J connectivity index is 2.57. The third-order valence-electron chi connectivity index (χ3n) is 3.27. The summed E-state index contributed by atoms with van der Waals surface area (Å²) in [4.78, 5) is 6.84. The molecule has 3 nitrogen and oxygen atoms in total. The molecular formula is C16H23N3. The lowest BCUT2D eigenvalue weighted by Gasteiger charge is -2.31. The summed E-state index contributed by atoms with van der Waals surface area (Å²) in [5.41, 5.74) is 8.89. The number of nitrogens with two attached hydrogens (primary N) is 1. The number of aromatic nitrogens is 1. The van der Waals surface area contributed by atoms with E-state index in [9.17, 15) is 0 Å². The molecule has 0 bridgehead atoms. The second-order valence-corrected chi connectivity index (χ2v) is 5.71. The van der Waals surface area contributed by atoms with Crippen LogP contribution in [0.5, 0.6) is 0 Å². The Morgan fingerprint density at radius 3 is 2.53 bits per heavy atom. The molecule has 1 aromatic carbocycles. The zero-order valence-corrected chi connectivity index (χ0v) is 12.2. The summed E-state index contributed by atoms with van der Waals surface area (Å²) in [7, 11) is 0. The van der Waals surface area contributed by atoms with Gasteiger partial charge in [-0.1, -0.05) is 13.8 Å². The predicted molar refractivity (Wildman–Crippen MR) is 83.5 cm³/mol. The molecule has 0 unspecified atom stereocenters. The number of benzene rings is 1. The van der Waals surface area contributed by atoms with E-state index in [0.29, 0.717) is 12.0 Å². The maximum absolute atomic E-state index is 6.02. The normalized spacial score (nSPS) is 11.5. The summed E-state index contributed by atoms with van der Waals surface area (Å²) >= 11 is 0. The van der Waals surface area contributed by atoms with Crippen molar-refractivity contribution in [1.82, 2.24) is 4.98 Å². The minimum Gasteiger partial charge on any atom is -0.397 e. The van der Waals surface area contributed by atoms with Crippen LogP contribution in [0.25, 0.3) is 10.9 Å². The lowest BCUT2D eigenvalue weighted by molar-refractivity contribution is 0.572. The van der Waals surface area contributed by atoms with Crippen molar-refractivity contribution in [3.8, 4) is 0 Å². The molecular weight excluding hydrogens is 234 g/mol. The van der Waals surface area contributed by atoms with Crippen LogP contribution in [0.15, 0.2) is 30.5 Å². The highest BCUT2D eigenvalue weighted by atomic mass is 15.2. The molecule has 0 aliphatic heterocycles. The number of rotatable bonds is 4. The number of pyridine rings is 1. The molecule has 0 radical (unpaired) electrons. The van der Waals surface area contributed by atoms with Gasteiger partial charge in [0.1, 0.15) is 0 Å². The van der Waals surface area contributed by atoms with Gasteiger partial charge in [0, 0.05) is 29.9 Å². The number of nitrogens with zero attached hydrogens (tertiary/aromatic N) is 2. The summed E-state index contributed by atoms with van der Waals surface area (Å²) in [6.45, 7) is 9.97. The molecule has 2 aromatic rings. The first-order valence-electron chi connectivity index (χ1n) is 6.90. The van der Waals surface area contributed by atoms with E-state index in [1.807, 2.05) is 12.1 Å². The highest BCUT2D eigenvalue weighted by molar-refractivity contribution is 5.98. The average molecular weight is 257 g/mol. The van der Waals surface area contributed by atoms with E-state index in [4.69, 9.17) is 5.73 Å².